The molecule has 1 aliphatic rings. The molecule has 18 heavy (non-hydrogen) atoms. The van der Waals surface area contributed by atoms with Crippen molar-refractivity contribution in [2.45, 2.75) is 19.3 Å². The summed E-state index contributed by atoms with van der Waals surface area (Å²) >= 11 is 0. The molecule has 4 heteroatoms. The van der Waals surface area contributed by atoms with Crippen molar-refractivity contribution in [3.63, 3.8) is 0 Å². The maximum Gasteiger partial charge on any atom is 0.226 e. The lowest BCUT2D eigenvalue weighted by Crippen LogP contribution is -2.40. The first-order valence-electron chi connectivity index (χ1n) is 6.41. The van der Waals surface area contributed by atoms with Gasteiger partial charge in [-0.1, -0.05) is 12.1 Å². The van der Waals surface area contributed by atoms with E-state index in [1.165, 1.54) is 12.1 Å². The molecule has 0 bridgehead atoms. The highest BCUT2D eigenvalue weighted by atomic mass is 19.1. The third kappa shape index (κ3) is 3.29. The Hall–Kier alpha value is -1.42. The van der Waals surface area contributed by atoms with Gasteiger partial charge in [-0.25, -0.2) is 4.39 Å². The van der Waals surface area contributed by atoms with Crippen molar-refractivity contribution >= 4 is 5.91 Å². The second-order valence-corrected chi connectivity index (χ2v) is 4.87. The summed E-state index contributed by atoms with van der Waals surface area (Å²) in [5.41, 5.74) is 6.36. The van der Waals surface area contributed by atoms with Gasteiger partial charge in [-0.05, 0) is 43.0 Å². The molecule has 2 rings (SSSR count). The van der Waals surface area contributed by atoms with Crippen LogP contribution in [0.15, 0.2) is 24.3 Å². The minimum absolute atomic E-state index is 0.0797. The Kier molecular flexibility index (Phi) is 4.31. The number of carbonyl (C=O) groups is 1. The van der Waals surface area contributed by atoms with E-state index >= 15 is 0 Å². The lowest BCUT2D eigenvalue weighted by atomic mass is 9.96. The van der Waals surface area contributed by atoms with E-state index in [-0.39, 0.29) is 18.1 Å². The minimum atomic E-state index is -0.290. The van der Waals surface area contributed by atoms with Crippen molar-refractivity contribution < 1.29 is 9.18 Å². The summed E-state index contributed by atoms with van der Waals surface area (Å²) in [5, 5.41) is 0. The number of rotatable bonds is 3. The fourth-order valence-corrected chi connectivity index (χ4v) is 2.35. The lowest BCUT2D eigenvalue weighted by molar-refractivity contribution is -0.131. The molecule has 0 unspecified atom stereocenters. The van der Waals surface area contributed by atoms with E-state index in [1.807, 2.05) is 4.90 Å². The van der Waals surface area contributed by atoms with Crippen molar-refractivity contribution in [3.05, 3.63) is 35.6 Å². The number of nitrogens with two attached hydrogens (primary N) is 1. The van der Waals surface area contributed by atoms with Gasteiger partial charge in [0.2, 0.25) is 5.91 Å². The number of amides is 1. The minimum Gasteiger partial charge on any atom is -0.342 e. The van der Waals surface area contributed by atoms with Crippen LogP contribution in [0.1, 0.15) is 18.4 Å². The van der Waals surface area contributed by atoms with E-state index in [1.54, 1.807) is 12.1 Å². The molecule has 0 saturated carbocycles. The zero-order chi connectivity index (χ0) is 13.0. The molecule has 0 spiro atoms. The third-order valence-corrected chi connectivity index (χ3v) is 3.54. The molecule has 0 aliphatic carbocycles. The average molecular weight is 250 g/mol. The van der Waals surface area contributed by atoms with Crippen LogP contribution < -0.4 is 5.73 Å². The Morgan fingerprint density at radius 2 is 2.11 bits per heavy atom. The van der Waals surface area contributed by atoms with Crippen molar-refractivity contribution in [1.82, 2.24) is 4.90 Å². The van der Waals surface area contributed by atoms with E-state index < -0.39 is 0 Å². The van der Waals surface area contributed by atoms with Crippen molar-refractivity contribution in [2.24, 2.45) is 11.7 Å². The topological polar surface area (TPSA) is 46.3 Å². The van der Waals surface area contributed by atoms with Gasteiger partial charge in [-0.2, -0.15) is 0 Å². The van der Waals surface area contributed by atoms with Crippen LogP contribution in [0.25, 0.3) is 0 Å². The molecule has 0 atom stereocenters. The first-order chi connectivity index (χ1) is 8.69. The number of piperidine rings is 1. The van der Waals surface area contributed by atoms with Gasteiger partial charge in [0.1, 0.15) is 5.82 Å². The Balaban J connectivity index is 1.89. The SMILES string of the molecule is NCC1CCN(C(=O)Cc2cccc(F)c2)CC1. The van der Waals surface area contributed by atoms with Crippen LogP contribution in [-0.4, -0.2) is 30.4 Å². The smallest absolute Gasteiger partial charge is 0.226 e. The summed E-state index contributed by atoms with van der Waals surface area (Å²) in [6.07, 6.45) is 2.24. The van der Waals surface area contributed by atoms with Crippen molar-refractivity contribution in [1.29, 1.82) is 0 Å². The van der Waals surface area contributed by atoms with Crippen molar-refractivity contribution in [2.75, 3.05) is 19.6 Å². The van der Waals surface area contributed by atoms with Crippen LogP contribution >= 0.6 is 0 Å². The quantitative estimate of drug-likeness (QED) is 0.885. The van der Waals surface area contributed by atoms with Gasteiger partial charge in [0, 0.05) is 13.1 Å². The predicted molar refractivity (Wildman–Crippen MR) is 68.5 cm³/mol. The Labute approximate surface area is 107 Å². The number of likely N-dealkylation sites (tertiary alicyclic amines) is 1. The second-order valence-electron chi connectivity index (χ2n) is 4.87. The Morgan fingerprint density at radius 3 is 2.72 bits per heavy atom. The van der Waals surface area contributed by atoms with Crippen LogP contribution in [-0.2, 0) is 11.2 Å². The summed E-state index contributed by atoms with van der Waals surface area (Å²) in [6, 6.07) is 6.23. The zero-order valence-corrected chi connectivity index (χ0v) is 10.4. The molecular weight excluding hydrogens is 231 g/mol. The van der Waals surface area contributed by atoms with Gasteiger partial charge < -0.3 is 10.6 Å². The number of halogens is 1. The number of benzene rings is 1. The molecule has 1 saturated heterocycles. The van der Waals surface area contributed by atoms with Gasteiger partial charge in [0.05, 0.1) is 6.42 Å². The highest BCUT2D eigenvalue weighted by Gasteiger charge is 2.21. The number of hydrogen-bond donors (Lipinski definition) is 1. The van der Waals surface area contributed by atoms with Gasteiger partial charge in [0.25, 0.3) is 0 Å². The molecule has 0 aromatic heterocycles. The predicted octanol–water partition coefficient (Wildman–Crippen LogP) is 1.57. The number of nitrogens with zero attached hydrogens (tertiary/aromatic N) is 1. The molecular formula is C14H19FN2O. The molecule has 1 heterocycles. The number of hydrogen-bond acceptors (Lipinski definition) is 2. The second kappa shape index (κ2) is 5.96. The van der Waals surface area contributed by atoms with Crippen LogP contribution in [0.4, 0.5) is 4.39 Å². The lowest BCUT2D eigenvalue weighted by Gasteiger charge is -2.31. The molecule has 1 amide bonds. The maximum atomic E-state index is 13.0. The summed E-state index contributed by atoms with van der Waals surface area (Å²) in [6.45, 7) is 2.25. The summed E-state index contributed by atoms with van der Waals surface area (Å²) in [5.74, 6) is 0.335. The molecule has 0 radical (unpaired) electrons. The van der Waals surface area contributed by atoms with Gasteiger partial charge in [-0.15, -0.1) is 0 Å². The molecule has 98 valence electrons. The van der Waals surface area contributed by atoms with E-state index in [4.69, 9.17) is 5.73 Å². The zero-order valence-electron chi connectivity index (χ0n) is 10.4. The van der Waals surface area contributed by atoms with Gasteiger partial charge >= 0.3 is 0 Å². The maximum absolute atomic E-state index is 13.0. The molecule has 2 N–H and O–H groups in total. The van der Waals surface area contributed by atoms with Crippen LogP contribution in [0.3, 0.4) is 0 Å². The Morgan fingerprint density at radius 1 is 1.39 bits per heavy atom. The standard InChI is InChI=1S/C14H19FN2O/c15-13-3-1-2-12(8-13)9-14(18)17-6-4-11(10-16)5-7-17/h1-3,8,11H,4-7,9-10,16H2. The van der Waals surface area contributed by atoms with Crippen molar-refractivity contribution in [3.8, 4) is 0 Å². The largest absolute Gasteiger partial charge is 0.342 e. The summed E-state index contributed by atoms with van der Waals surface area (Å²) in [7, 11) is 0. The Bertz CT molecular complexity index is 414. The molecule has 1 aromatic carbocycles. The molecule has 1 aliphatic heterocycles. The van der Waals surface area contributed by atoms with Crippen LogP contribution in [0, 0.1) is 11.7 Å². The van der Waals surface area contributed by atoms with E-state index in [2.05, 4.69) is 0 Å². The summed E-state index contributed by atoms with van der Waals surface area (Å²) in [4.78, 5) is 13.9. The first-order valence-corrected chi connectivity index (χ1v) is 6.41. The van der Waals surface area contributed by atoms with E-state index in [9.17, 15) is 9.18 Å². The molecule has 1 aromatic rings. The molecule has 3 nitrogen and oxygen atoms in total. The fourth-order valence-electron chi connectivity index (χ4n) is 2.35. The summed E-state index contributed by atoms with van der Waals surface area (Å²) < 4.78 is 13.0. The van der Waals surface area contributed by atoms with Crippen LogP contribution in [0.5, 0.6) is 0 Å². The third-order valence-electron chi connectivity index (χ3n) is 3.54. The average Bonchev–Trinajstić information content (AvgIpc) is 2.39. The highest BCUT2D eigenvalue weighted by molar-refractivity contribution is 5.78. The van der Waals surface area contributed by atoms with Crippen LogP contribution in [0.2, 0.25) is 0 Å². The van der Waals surface area contributed by atoms with E-state index in [0.717, 1.165) is 31.5 Å². The van der Waals surface area contributed by atoms with E-state index in [0.29, 0.717) is 12.5 Å². The van der Waals surface area contributed by atoms with Gasteiger partial charge in [-0.3, -0.25) is 4.79 Å². The highest BCUT2D eigenvalue weighted by Crippen LogP contribution is 2.17. The molecule has 1 fully saturated rings. The fraction of sp³-hybridized carbons (Fsp3) is 0.500. The first kappa shape index (κ1) is 13.0. The normalized spacial score (nSPS) is 16.9. The monoisotopic (exact) mass is 250 g/mol. The van der Waals surface area contributed by atoms with Gasteiger partial charge in [0.15, 0.2) is 0 Å². The number of carbonyl (C=O) groups excluding carboxylic acids is 1.